The molecule has 0 atom stereocenters. The molecule has 1 aliphatic heterocycles. The van der Waals surface area contributed by atoms with Crippen molar-refractivity contribution in [3.8, 4) is 0 Å². The molecule has 2 amide bonds. The van der Waals surface area contributed by atoms with Crippen LogP contribution in [0.1, 0.15) is 29.6 Å². The number of piperidine rings is 1. The Morgan fingerprint density at radius 3 is 2.62 bits per heavy atom. The molecule has 2 aromatic carbocycles. The van der Waals surface area contributed by atoms with E-state index in [1.807, 2.05) is 36.4 Å². The maximum Gasteiger partial charge on any atom is 0.259 e. The summed E-state index contributed by atoms with van der Waals surface area (Å²) < 4.78 is 1.06. The number of carbonyl (C=O) groups excluding carboxylic acids is 2. The first-order valence-electron chi connectivity index (χ1n) is 8.67. The van der Waals surface area contributed by atoms with E-state index >= 15 is 0 Å². The molecule has 26 heavy (non-hydrogen) atoms. The number of para-hydroxylation sites is 1. The minimum absolute atomic E-state index is 0.111. The molecule has 1 aromatic heterocycles. The quantitative estimate of drug-likeness (QED) is 0.702. The van der Waals surface area contributed by atoms with Crippen LogP contribution in [0.4, 0.5) is 10.8 Å². The first kappa shape index (κ1) is 16.7. The summed E-state index contributed by atoms with van der Waals surface area (Å²) in [6.45, 7) is 0.748. The molecule has 0 N–H and O–H groups in total. The van der Waals surface area contributed by atoms with Gasteiger partial charge in [-0.3, -0.25) is 14.5 Å². The first-order chi connectivity index (χ1) is 12.6. The van der Waals surface area contributed by atoms with Gasteiger partial charge in [-0.2, -0.15) is 0 Å². The maximum absolute atomic E-state index is 12.8. The predicted molar refractivity (Wildman–Crippen MR) is 105 cm³/mol. The largest absolute Gasteiger partial charge is 0.312 e. The van der Waals surface area contributed by atoms with Gasteiger partial charge in [0.15, 0.2) is 5.13 Å². The average Bonchev–Trinajstić information content (AvgIpc) is 3.11. The van der Waals surface area contributed by atoms with Gasteiger partial charge in [-0.25, -0.2) is 4.98 Å². The van der Waals surface area contributed by atoms with E-state index in [-0.39, 0.29) is 11.8 Å². The monoisotopic (exact) mass is 365 g/mol. The van der Waals surface area contributed by atoms with Gasteiger partial charge in [0.1, 0.15) is 0 Å². The Bertz CT molecular complexity index is 932. The number of hydrogen-bond donors (Lipinski definition) is 0. The van der Waals surface area contributed by atoms with Gasteiger partial charge >= 0.3 is 0 Å². The third-order valence-electron chi connectivity index (χ3n) is 4.62. The summed E-state index contributed by atoms with van der Waals surface area (Å²) in [6.07, 6.45) is 2.58. The van der Waals surface area contributed by atoms with Gasteiger partial charge in [0, 0.05) is 31.3 Å². The van der Waals surface area contributed by atoms with E-state index in [4.69, 9.17) is 0 Å². The summed E-state index contributed by atoms with van der Waals surface area (Å²) in [7, 11) is 1.74. The van der Waals surface area contributed by atoms with Crippen molar-refractivity contribution in [1.29, 1.82) is 0 Å². The van der Waals surface area contributed by atoms with Crippen molar-refractivity contribution in [2.45, 2.75) is 19.3 Å². The number of aromatic nitrogens is 1. The minimum Gasteiger partial charge on any atom is -0.312 e. The van der Waals surface area contributed by atoms with Crippen molar-refractivity contribution in [3.05, 3.63) is 54.1 Å². The lowest BCUT2D eigenvalue weighted by molar-refractivity contribution is -0.119. The normalized spacial score (nSPS) is 14.7. The molecule has 4 rings (SSSR count). The number of amides is 2. The molecule has 6 heteroatoms. The topological polar surface area (TPSA) is 53.5 Å². The summed E-state index contributed by atoms with van der Waals surface area (Å²) in [5, 5.41) is 0.673. The zero-order valence-corrected chi connectivity index (χ0v) is 15.3. The standard InChI is InChI=1S/C20H19N3O2S/c1-22(20-21-16-6-2-3-7-17(16)26-20)19(25)14-9-11-15(12-10-14)23-13-5-4-8-18(23)24/h2-3,6-7,9-12H,4-5,8,13H2,1H3. The third kappa shape index (κ3) is 3.08. The fraction of sp³-hybridized carbons (Fsp3) is 0.250. The zero-order chi connectivity index (χ0) is 18.1. The third-order valence-corrected chi connectivity index (χ3v) is 5.74. The van der Waals surface area contributed by atoms with E-state index in [9.17, 15) is 9.59 Å². The Hall–Kier alpha value is -2.73. The molecule has 2 heterocycles. The summed E-state index contributed by atoms with van der Waals surface area (Å²) in [6, 6.07) is 15.1. The number of thiazole rings is 1. The van der Waals surface area contributed by atoms with Crippen LogP contribution in [-0.4, -0.2) is 30.4 Å². The Labute approximate surface area is 155 Å². The molecular formula is C20H19N3O2S. The maximum atomic E-state index is 12.8. The van der Waals surface area contributed by atoms with E-state index in [1.165, 1.54) is 11.3 Å². The van der Waals surface area contributed by atoms with Crippen LogP contribution in [0.3, 0.4) is 0 Å². The van der Waals surface area contributed by atoms with Crippen molar-refractivity contribution < 1.29 is 9.59 Å². The first-order valence-corrected chi connectivity index (χ1v) is 9.49. The second kappa shape index (κ2) is 6.88. The zero-order valence-electron chi connectivity index (χ0n) is 14.5. The van der Waals surface area contributed by atoms with Gasteiger partial charge in [0.05, 0.1) is 10.2 Å². The van der Waals surface area contributed by atoms with Crippen molar-refractivity contribution >= 4 is 44.2 Å². The molecule has 0 aliphatic carbocycles. The highest BCUT2D eigenvalue weighted by atomic mass is 32.1. The summed E-state index contributed by atoms with van der Waals surface area (Å²) >= 11 is 1.50. The number of benzene rings is 2. The van der Waals surface area contributed by atoms with Crippen LogP contribution in [0, 0.1) is 0 Å². The molecule has 1 aliphatic rings. The van der Waals surface area contributed by atoms with E-state index in [1.54, 1.807) is 29.0 Å². The molecule has 1 saturated heterocycles. The number of anilines is 2. The second-order valence-corrected chi connectivity index (χ2v) is 7.39. The second-order valence-electron chi connectivity index (χ2n) is 6.38. The van der Waals surface area contributed by atoms with Crippen LogP contribution >= 0.6 is 11.3 Å². The lowest BCUT2D eigenvalue weighted by Crippen LogP contribution is -2.35. The van der Waals surface area contributed by atoms with Gasteiger partial charge in [0.25, 0.3) is 5.91 Å². The Morgan fingerprint density at radius 1 is 1.12 bits per heavy atom. The molecule has 3 aromatic rings. The lowest BCUT2D eigenvalue weighted by atomic mass is 10.1. The fourth-order valence-electron chi connectivity index (χ4n) is 3.15. The molecular weight excluding hydrogens is 346 g/mol. The summed E-state index contributed by atoms with van der Waals surface area (Å²) in [4.78, 5) is 32.7. The Kier molecular flexibility index (Phi) is 4.42. The molecule has 0 saturated carbocycles. The van der Waals surface area contributed by atoms with Crippen LogP contribution in [0.2, 0.25) is 0 Å². The number of rotatable bonds is 3. The average molecular weight is 365 g/mol. The van der Waals surface area contributed by atoms with Gasteiger partial charge in [-0.05, 0) is 49.2 Å². The van der Waals surface area contributed by atoms with E-state index < -0.39 is 0 Å². The van der Waals surface area contributed by atoms with Gasteiger partial charge in [-0.15, -0.1) is 0 Å². The van der Waals surface area contributed by atoms with Crippen LogP contribution < -0.4 is 9.80 Å². The van der Waals surface area contributed by atoms with Crippen molar-refractivity contribution in [2.24, 2.45) is 0 Å². The Morgan fingerprint density at radius 2 is 1.88 bits per heavy atom. The van der Waals surface area contributed by atoms with E-state index in [0.717, 1.165) is 35.3 Å². The molecule has 5 nitrogen and oxygen atoms in total. The molecule has 132 valence electrons. The van der Waals surface area contributed by atoms with Crippen molar-refractivity contribution in [3.63, 3.8) is 0 Å². The lowest BCUT2D eigenvalue weighted by Gasteiger charge is -2.27. The molecule has 0 unspecified atom stereocenters. The summed E-state index contributed by atoms with van der Waals surface area (Å²) in [5.41, 5.74) is 2.33. The number of nitrogens with zero attached hydrogens (tertiary/aromatic N) is 3. The molecule has 0 bridgehead atoms. The SMILES string of the molecule is CN(C(=O)c1ccc(N2CCCCC2=O)cc1)c1nc2ccccc2s1. The van der Waals surface area contributed by atoms with Crippen molar-refractivity contribution in [1.82, 2.24) is 4.98 Å². The van der Waals surface area contributed by atoms with Crippen LogP contribution in [-0.2, 0) is 4.79 Å². The van der Waals surface area contributed by atoms with Crippen LogP contribution in [0.15, 0.2) is 48.5 Å². The Balaban J connectivity index is 1.54. The van der Waals surface area contributed by atoms with E-state index in [2.05, 4.69) is 4.98 Å². The van der Waals surface area contributed by atoms with Crippen LogP contribution in [0.25, 0.3) is 10.2 Å². The van der Waals surface area contributed by atoms with E-state index in [0.29, 0.717) is 17.1 Å². The van der Waals surface area contributed by atoms with Gasteiger partial charge < -0.3 is 4.90 Å². The number of fused-ring (bicyclic) bond motifs is 1. The summed E-state index contributed by atoms with van der Waals surface area (Å²) in [5.74, 6) is 0.0440. The number of hydrogen-bond acceptors (Lipinski definition) is 4. The fourth-order valence-corrected chi connectivity index (χ4v) is 4.07. The molecule has 0 radical (unpaired) electrons. The highest BCUT2D eigenvalue weighted by molar-refractivity contribution is 7.22. The highest BCUT2D eigenvalue weighted by Crippen LogP contribution is 2.29. The molecule has 0 spiro atoms. The number of carbonyl (C=O) groups is 2. The van der Waals surface area contributed by atoms with Crippen molar-refractivity contribution in [2.75, 3.05) is 23.4 Å². The predicted octanol–water partition coefficient (Wildman–Crippen LogP) is 4.09. The van der Waals surface area contributed by atoms with Gasteiger partial charge in [0.2, 0.25) is 5.91 Å². The smallest absolute Gasteiger partial charge is 0.259 e. The van der Waals surface area contributed by atoms with Gasteiger partial charge in [-0.1, -0.05) is 23.5 Å². The highest BCUT2D eigenvalue weighted by Gasteiger charge is 2.21. The minimum atomic E-state index is -0.111. The van der Waals surface area contributed by atoms with Crippen LogP contribution in [0.5, 0.6) is 0 Å². The molecule has 1 fully saturated rings.